The number of fused-ring (bicyclic) bond motifs is 4. The molecule has 4 aliphatic heterocycles. The molecular weight excluding hydrogens is 588 g/mol. The number of piperidine rings is 1. The van der Waals surface area contributed by atoms with E-state index in [1.165, 1.54) is 25.7 Å². The molecule has 4 fully saturated rings. The molecule has 0 spiro atoms. The lowest BCUT2D eigenvalue weighted by Gasteiger charge is -2.42. The molecule has 3 unspecified atom stereocenters. The molecule has 0 saturated carbocycles. The van der Waals surface area contributed by atoms with Gasteiger partial charge < -0.3 is 29.9 Å². The minimum atomic E-state index is 0.215. The Kier molecular flexibility index (Phi) is 8.35. The molecule has 0 radical (unpaired) electrons. The van der Waals surface area contributed by atoms with Gasteiger partial charge in [0.1, 0.15) is 18.2 Å². The van der Waals surface area contributed by atoms with E-state index in [4.69, 9.17) is 14.7 Å². The van der Waals surface area contributed by atoms with Crippen molar-refractivity contribution >= 4 is 33.4 Å². The van der Waals surface area contributed by atoms with Crippen molar-refractivity contribution < 1.29 is 14.6 Å². The molecule has 47 heavy (non-hydrogen) atoms. The number of aromatic nitrogens is 2. The first-order valence-corrected chi connectivity index (χ1v) is 17.7. The lowest BCUT2D eigenvalue weighted by molar-refractivity contribution is -0.132. The largest absolute Gasteiger partial charge is 0.508 e. The van der Waals surface area contributed by atoms with Gasteiger partial charge in [-0.3, -0.25) is 4.79 Å². The summed E-state index contributed by atoms with van der Waals surface area (Å²) >= 11 is 0. The Morgan fingerprint density at radius 3 is 2.60 bits per heavy atom. The zero-order valence-corrected chi connectivity index (χ0v) is 27.4. The maximum Gasteiger partial charge on any atom is 0.319 e. The second-order valence-electron chi connectivity index (χ2n) is 14.1. The van der Waals surface area contributed by atoms with E-state index < -0.39 is 0 Å². The molecule has 0 aliphatic carbocycles. The number of phenols is 1. The molecule has 1 amide bonds. The van der Waals surface area contributed by atoms with Crippen LogP contribution in [0.2, 0.25) is 0 Å². The molecule has 4 saturated heterocycles. The topological polar surface area (TPSA) is 94.1 Å². The van der Waals surface area contributed by atoms with E-state index in [0.29, 0.717) is 31.1 Å². The summed E-state index contributed by atoms with van der Waals surface area (Å²) in [7, 11) is 2.16. The van der Waals surface area contributed by atoms with E-state index in [1.807, 2.05) is 24.3 Å². The highest BCUT2D eigenvalue weighted by Crippen LogP contribution is 2.40. The molecule has 2 bridgehead atoms. The number of hydrogen-bond acceptors (Lipinski definition) is 8. The highest BCUT2D eigenvalue weighted by Gasteiger charge is 2.43. The van der Waals surface area contributed by atoms with Crippen LogP contribution in [0.3, 0.4) is 0 Å². The molecule has 2 N–H and O–H groups in total. The van der Waals surface area contributed by atoms with Gasteiger partial charge >= 0.3 is 6.01 Å². The van der Waals surface area contributed by atoms with Crippen LogP contribution in [-0.4, -0.2) is 94.8 Å². The van der Waals surface area contributed by atoms with Gasteiger partial charge in [0.25, 0.3) is 0 Å². The predicted octanol–water partition coefficient (Wildman–Crippen LogP) is 5.73. The third-order valence-corrected chi connectivity index (χ3v) is 11.1. The number of rotatable bonds is 8. The summed E-state index contributed by atoms with van der Waals surface area (Å²) in [6.07, 6.45) is 9.61. The molecule has 1 aromatic heterocycles. The number of ether oxygens (including phenoxy) is 1. The fraction of sp³-hybridized carbons (Fsp3) is 0.500. The number of aromatic hydroxyl groups is 1. The average Bonchev–Trinajstić information content (AvgIpc) is 3.63. The van der Waals surface area contributed by atoms with Crippen LogP contribution in [0, 0.1) is 0 Å². The molecule has 3 aromatic carbocycles. The summed E-state index contributed by atoms with van der Waals surface area (Å²) in [5.74, 6) is 1.43. The second-order valence-corrected chi connectivity index (χ2v) is 14.1. The normalized spacial score (nSPS) is 24.8. The second kappa shape index (κ2) is 12.9. The molecular formula is C38H46N6O3. The fourth-order valence-corrected chi connectivity index (χ4v) is 8.49. The van der Waals surface area contributed by atoms with E-state index >= 15 is 0 Å². The van der Waals surface area contributed by atoms with Gasteiger partial charge in [-0.2, -0.15) is 9.97 Å². The first kappa shape index (κ1) is 30.4. The Bertz CT molecular complexity index is 1760. The van der Waals surface area contributed by atoms with Crippen LogP contribution >= 0.6 is 0 Å². The van der Waals surface area contributed by atoms with Crippen LogP contribution < -0.4 is 15.0 Å². The zero-order chi connectivity index (χ0) is 31.9. The fourth-order valence-electron chi connectivity index (χ4n) is 8.49. The average molecular weight is 635 g/mol. The first-order chi connectivity index (χ1) is 23.0. The number of likely N-dealkylation sites (N-methyl/N-ethyl adjacent to an activating group) is 1. The summed E-state index contributed by atoms with van der Waals surface area (Å²) in [4.78, 5) is 30.4. The minimum Gasteiger partial charge on any atom is -0.508 e. The van der Waals surface area contributed by atoms with Gasteiger partial charge in [0.05, 0.1) is 5.52 Å². The number of nitrogens with zero attached hydrogens (tertiary/aromatic N) is 5. The van der Waals surface area contributed by atoms with Gasteiger partial charge in [-0.05, 0) is 111 Å². The van der Waals surface area contributed by atoms with Crippen LogP contribution in [-0.2, 0) is 4.79 Å². The molecule has 4 atom stereocenters. The number of benzene rings is 3. The van der Waals surface area contributed by atoms with Crippen molar-refractivity contribution in [3.8, 4) is 22.9 Å². The Labute approximate surface area is 276 Å². The number of anilines is 1. The Morgan fingerprint density at radius 1 is 0.957 bits per heavy atom. The monoisotopic (exact) mass is 634 g/mol. The van der Waals surface area contributed by atoms with Crippen molar-refractivity contribution in [3.63, 3.8) is 0 Å². The van der Waals surface area contributed by atoms with E-state index in [9.17, 15) is 9.90 Å². The summed E-state index contributed by atoms with van der Waals surface area (Å²) in [6, 6.07) is 19.8. The minimum absolute atomic E-state index is 0.215. The van der Waals surface area contributed by atoms with Crippen LogP contribution in [0.15, 0.2) is 54.6 Å². The summed E-state index contributed by atoms with van der Waals surface area (Å²) in [6.45, 7) is 4.18. The molecule has 9 nitrogen and oxygen atoms in total. The third-order valence-electron chi connectivity index (χ3n) is 11.1. The van der Waals surface area contributed by atoms with E-state index in [0.717, 1.165) is 90.5 Å². The first-order valence-electron chi connectivity index (χ1n) is 17.7. The van der Waals surface area contributed by atoms with Gasteiger partial charge in [-0.15, -0.1) is 0 Å². The Hall–Kier alpha value is -3.95. The number of carbonyl (C=O) groups excluding carboxylic acids is 1. The maximum absolute atomic E-state index is 13.4. The summed E-state index contributed by atoms with van der Waals surface area (Å²) in [5, 5.41) is 17.2. The van der Waals surface area contributed by atoms with Crippen molar-refractivity contribution in [2.24, 2.45) is 0 Å². The highest BCUT2D eigenvalue weighted by atomic mass is 16.5. The highest BCUT2D eigenvalue weighted by molar-refractivity contribution is 6.01. The SMILES string of the molecule is CN1CCC[C@H]1COc1nc(N2C3CCC2CN(C(=O)CCC2CCCCN2)C3)c2ccc(-c3cc(O)cc4ccccc34)cc2n1. The van der Waals surface area contributed by atoms with Crippen molar-refractivity contribution in [2.75, 3.05) is 44.7 Å². The zero-order valence-electron chi connectivity index (χ0n) is 27.4. The molecule has 8 rings (SSSR count). The Balaban J connectivity index is 1.11. The van der Waals surface area contributed by atoms with Crippen molar-refractivity contribution in [1.29, 1.82) is 0 Å². The number of piperazine rings is 1. The van der Waals surface area contributed by atoms with Gasteiger partial charge in [0.2, 0.25) is 5.91 Å². The van der Waals surface area contributed by atoms with Crippen LogP contribution in [0.25, 0.3) is 32.8 Å². The smallest absolute Gasteiger partial charge is 0.319 e. The number of nitrogens with one attached hydrogen (secondary N) is 1. The third kappa shape index (κ3) is 6.11. The van der Waals surface area contributed by atoms with Crippen molar-refractivity contribution in [2.45, 2.75) is 82.0 Å². The van der Waals surface area contributed by atoms with Crippen LogP contribution in [0.1, 0.15) is 57.8 Å². The Morgan fingerprint density at radius 2 is 1.81 bits per heavy atom. The maximum atomic E-state index is 13.4. The van der Waals surface area contributed by atoms with E-state index in [1.54, 1.807) is 6.07 Å². The standard InChI is InChI=1S/C38H46N6O3/c1-42-18-6-9-30(42)24-47-38-40-35-20-26(34-21-31(45)19-25-7-2-3-10-32(25)34)11-15-33(35)37(41-38)44-28-13-14-29(44)23-43(22-28)36(46)16-12-27-8-4-5-17-39-27/h2-3,7,10-11,15,19-21,27-30,39,45H,4-6,8-9,12-14,16-18,22-24H2,1H3/t27?,28?,29?,30-/m0/s1. The van der Waals surface area contributed by atoms with Crippen molar-refractivity contribution in [1.82, 2.24) is 25.1 Å². The van der Waals surface area contributed by atoms with Crippen LogP contribution in [0.4, 0.5) is 5.82 Å². The lowest BCUT2D eigenvalue weighted by atomic mass is 9.97. The summed E-state index contributed by atoms with van der Waals surface area (Å²) < 4.78 is 6.37. The predicted molar refractivity (Wildman–Crippen MR) is 186 cm³/mol. The van der Waals surface area contributed by atoms with Crippen molar-refractivity contribution in [3.05, 3.63) is 54.6 Å². The molecule has 9 heteroatoms. The molecule has 4 aliphatic rings. The summed E-state index contributed by atoms with van der Waals surface area (Å²) in [5.41, 5.74) is 2.78. The quantitative estimate of drug-likeness (QED) is 0.254. The molecule has 4 aromatic rings. The molecule has 5 heterocycles. The van der Waals surface area contributed by atoms with E-state index in [-0.39, 0.29) is 23.7 Å². The number of amides is 1. The van der Waals surface area contributed by atoms with Gasteiger partial charge in [0.15, 0.2) is 0 Å². The van der Waals surface area contributed by atoms with Gasteiger partial charge in [-0.25, -0.2) is 0 Å². The lowest BCUT2D eigenvalue weighted by Crippen LogP contribution is -2.56. The van der Waals surface area contributed by atoms with Gasteiger partial charge in [0, 0.05) is 49.1 Å². The molecule has 246 valence electrons. The number of phenolic OH excluding ortho intramolecular Hbond substituents is 1. The van der Waals surface area contributed by atoms with Gasteiger partial charge in [-0.1, -0.05) is 36.8 Å². The number of carbonyl (C=O) groups is 1. The number of hydrogen-bond donors (Lipinski definition) is 2. The van der Waals surface area contributed by atoms with Crippen LogP contribution in [0.5, 0.6) is 11.8 Å². The number of likely N-dealkylation sites (tertiary alicyclic amines) is 2. The van der Waals surface area contributed by atoms with E-state index in [2.05, 4.69) is 51.3 Å².